The fraction of sp³-hybridized carbons (Fsp3) is 0. The van der Waals surface area contributed by atoms with Gasteiger partial charge in [-0.05, 0) is 84.9 Å². The van der Waals surface area contributed by atoms with Crippen LogP contribution in [0, 0.1) is 0 Å². The Morgan fingerprint density at radius 2 is 0.643 bits per heavy atom. The van der Waals surface area contributed by atoms with Crippen LogP contribution in [0.4, 0.5) is 0 Å². The second-order valence-electron chi connectivity index (χ2n) is 6.06. The molecule has 0 aliphatic carbocycles. The first kappa shape index (κ1) is 19.6. The lowest BCUT2D eigenvalue weighted by Gasteiger charge is -2.06. The monoisotopic (exact) mass is 434 g/mol. The van der Waals surface area contributed by atoms with Gasteiger partial charge in [-0.15, -0.1) is 12.6 Å². The van der Waals surface area contributed by atoms with Gasteiger partial charge >= 0.3 is 0 Å². The standard InChI is InChI=1S/C24H18S4/c25-18-6-8-20(9-7-18)27-22-14-16-24(17-15-22)28-23-12-10-21(11-13-23)26-19-4-2-1-3-5-19/h1-17,25H. The van der Waals surface area contributed by atoms with Crippen molar-refractivity contribution in [2.24, 2.45) is 0 Å². The minimum absolute atomic E-state index is 0.990. The van der Waals surface area contributed by atoms with Gasteiger partial charge < -0.3 is 0 Å². The van der Waals surface area contributed by atoms with Crippen LogP contribution in [0.25, 0.3) is 0 Å². The summed E-state index contributed by atoms with van der Waals surface area (Å²) < 4.78 is 0. The number of thiol groups is 1. The third-order valence-corrected chi connectivity index (χ3v) is 7.28. The smallest absolute Gasteiger partial charge is 0.0123 e. The van der Waals surface area contributed by atoms with Crippen LogP contribution in [0.3, 0.4) is 0 Å². The van der Waals surface area contributed by atoms with Gasteiger partial charge in [-0.3, -0.25) is 0 Å². The SMILES string of the molecule is Sc1ccc(Sc2ccc(Sc3ccc(Sc4ccccc4)cc3)cc2)cc1. The zero-order chi connectivity index (χ0) is 19.2. The third kappa shape index (κ3) is 5.65. The molecule has 0 saturated carbocycles. The summed E-state index contributed by atoms with van der Waals surface area (Å²) in [6.07, 6.45) is 0. The molecule has 0 nitrogen and oxygen atoms in total. The Morgan fingerprint density at radius 1 is 0.357 bits per heavy atom. The predicted molar refractivity (Wildman–Crippen MR) is 125 cm³/mol. The number of rotatable bonds is 6. The Hall–Kier alpha value is -1.72. The van der Waals surface area contributed by atoms with Crippen molar-refractivity contribution in [2.75, 3.05) is 0 Å². The summed E-state index contributed by atoms with van der Waals surface area (Å²) in [6.45, 7) is 0. The van der Waals surface area contributed by atoms with Crippen LogP contribution in [-0.4, -0.2) is 0 Å². The van der Waals surface area contributed by atoms with Gasteiger partial charge in [-0.25, -0.2) is 0 Å². The van der Waals surface area contributed by atoms with E-state index in [0.29, 0.717) is 0 Å². The van der Waals surface area contributed by atoms with Crippen molar-refractivity contribution in [3.63, 3.8) is 0 Å². The Morgan fingerprint density at radius 3 is 1.00 bits per heavy atom. The predicted octanol–water partition coefficient (Wildman–Crippen LogP) is 8.43. The Kier molecular flexibility index (Phi) is 6.76. The van der Waals surface area contributed by atoms with Crippen LogP contribution in [0.1, 0.15) is 0 Å². The van der Waals surface area contributed by atoms with Crippen molar-refractivity contribution >= 4 is 47.9 Å². The summed E-state index contributed by atoms with van der Waals surface area (Å²) in [7, 11) is 0. The van der Waals surface area contributed by atoms with Gasteiger partial charge in [0.2, 0.25) is 0 Å². The van der Waals surface area contributed by atoms with Crippen LogP contribution in [0.2, 0.25) is 0 Å². The maximum absolute atomic E-state index is 4.34. The molecular weight excluding hydrogens is 417 g/mol. The van der Waals surface area contributed by atoms with E-state index >= 15 is 0 Å². The molecule has 4 rings (SSSR count). The summed E-state index contributed by atoms with van der Waals surface area (Å²) in [5.74, 6) is 0. The van der Waals surface area contributed by atoms with Gasteiger partial charge in [-0.2, -0.15) is 0 Å². The molecule has 0 bridgehead atoms. The number of benzene rings is 4. The maximum atomic E-state index is 4.34. The Balaban J connectivity index is 1.36. The van der Waals surface area contributed by atoms with Gasteiger partial charge in [0.1, 0.15) is 0 Å². The lowest BCUT2D eigenvalue weighted by atomic mass is 10.4. The van der Waals surface area contributed by atoms with Crippen molar-refractivity contribution in [2.45, 2.75) is 34.3 Å². The van der Waals surface area contributed by atoms with Crippen LogP contribution in [0.15, 0.2) is 137 Å². The fourth-order valence-electron chi connectivity index (χ4n) is 2.56. The third-order valence-electron chi connectivity index (χ3n) is 3.93. The molecule has 4 aromatic rings. The summed E-state index contributed by atoms with van der Waals surface area (Å²) in [6, 6.07) is 36.2. The quantitative estimate of drug-likeness (QED) is 0.303. The summed E-state index contributed by atoms with van der Waals surface area (Å²) in [4.78, 5) is 8.48. The molecule has 0 atom stereocenters. The first-order valence-electron chi connectivity index (χ1n) is 8.82. The summed E-state index contributed by atoms with van der Waals surface area (Å²) in [5, 5.41) is 0. The van der Waals surface area contributed by atoms with E-state index in [1.54, 1.807) is 35.3 Å². The van der Waals surface area contributed by atoms with E-state index in [1.807, 2.05) is 18.2 Å². The molecule has 0 fully saturated rings. The normalized spacial score (nSPS) is 10.8. The van der Waals surface area contributed by atoms with Crippen molar-refractivity contribution in [1.82, 2.24) is 0 Å². The molecule has 0 aliphatic heterocycles. The minimum Gasteiger partial charge on any atom is -0.143 e. The molecule has 0 heterocycles. The van der Waals surface area contributed by atoms with Crippen molar-refractivity contribution in [3.05, 3.63) is 103 Å². The van der Waals surface area contributed by atoms with Crippen LogP contribution >= 0.6 is 47.9 Å². The van der Waals surface area contributed by atoms with Gasteiger partial charge in [0, 0.05) is 34.3 Å². The molecule has 0 radical (unpaired) electrons. The van der Waals surface area contributed by atoms with Gasteiger partial charge in [0.15, 0.2) is 0 Å². The molecular formula is C24H18S4. The minimum atomic E-state index is 0.990. The molecule has 0 amide bonds. The highest BCUT2D eigenvalue weighted by molar-refractivity contribution is 8.00. The second-order valence-corrected chi connectivity index (χ2v) is 10.0. The van der Waals surface area contributed by atoms with Crippen LogP contribution in [0.5, 0.6) is 0 Å². The van der Waals surface area contributed by atoms with E-state index in [4.69, 9.17) is 0 Å². The molecule has 4 heteroatoms. The Labute approximate surface area is 184 Å². The molecule has 0 spiro atoms. The average molecular weight is 435 g/mol. The van der Waals surface area contributed by atoms with Crippen molar-refractivity contribution in [3.8, 4) is 0 Å². The Bertz CT molecular complexity index is 1010. The van der Waals surface area contributed by atoms with Crippen LogP contribution in [-0.2, 0) is 0 Å². The molecule has 28 heavy (non-hydrogen) atoms. The average Bonchev–Trinajstić information content (AvgIpc) is 2.73. The molecule has 0 saturated heterocycles. The van der Waals surface area contributed by atoms with Crippen molar-refractivity contribution < 1.29 is 0 Å². The fourth-order valence-corrected chi connectivity index (χ4v) is 5.18. The zero-order valence-corrected chi connectivity index (χ0v) is 18.3. The summed E-state index contributed by atoms with van der Waals surface area (Å²) in [5.41, 5.74) is 0. The highest BCUT2D eigenvalue weighted by atomic mass is 32.2. The van der Waals surface area contributed by atoms with E-state index in [0.717, 1.165) is 4.90 Å². The number of hydrogen-bond acceptors (Lipinski definition) is 4. The first-order chi connectivity index (χ1) is 13.7. The zero-order valence-electron chi connectivity index (χ0n) is 15.0. The lowest BCUT2D eigenvalue weighted by Crippen LogP contribution is -1.78. The summed E-state index contributed by atoms with van der Waals surface area (Å²) >= 11 is 9.68. The second kappa shape index (κ2) is 9.66. The topological polar surface area (TPSA) is 0 Å². The van der Waals surface area contributed by atoms with Gasteiger partial charge in [-0.1, -0.05) is 53.5 Å². The largest absolute Gasteiger partial charge is 0.143 e. The van der Waals surface area contributed by atoms with E-state index < -0.39 is 0 Å². The molecule has 0 N–H and O–H groups in total. The molecule has 0 aliphatic rings. The maximum Gasteiger partial charge on any atom is 0.0123 e. The van der Waals surface area contributed by atoms with E-state index in [-0.39, 0.29) is 0 Å². The van der Waals surface area contributed by atoms with E-state index in [1.165, 1.54) is 29.4 Å². The molecule has 138 valence electrons. The van der Waals surface area contributed by atoms with Crippen molar-refractivity contribution in [1.29, 1.82) is 0 Å². The molecule has 4 aromatic carbocycles. The molecule has 0 unspecified atom stereocenters. The van der Waals surface area contributed by atoms with E-state index in [9.17, 15) is 0 Å². The highest BCUT2D eigenvalue weighted by Gasteiger charge is 2.02. The molecule has 0 aromatic heterocycles. The highest BCUT2D eigenvalue weighted by Crippen LogP contribution is 2.34. The lowest BCUT2D eigenvalue weighted by molar-refractivity contribution is 1.30. The van der Waals surface area contributed by atoms with Gasteiger partial charge in [0.05, 0.1) is 0 Å². The van der Waals surface area contributed by atoms with E-state index in [2.05, 4.69) is 97.6 Å². The number of hydrogen-bond donors (Lipinski definition) is 1. The van der Waals surface area contributed by atoms with Crippen LogP contribution < -0.4 is 0 Å². The first-order valence-corrected chi connectivity index (χ1v) is 11.7. The van der Waals surface area contributed by atoms with Gasteiger partial charge in [0.25, 0.3) is 0 Å².